The average Bonchev–Trinajstić information content (AvgIpc) is 3.04. The number of nitrogens with one attached hydrogen (secondary N) is 1. The Bertz CT molecular complexity index is 758. The van der Waals surface area contributed by atoms with Gasteiger partial charge in [0.2, 0.25) is 5.95 Å². The number of rotatable bonds is 2. The summed E-state index contributed by atoms with van der Waals surface area (Å²) in [5.41, 5.74) is 3.50. The minimum Gasteiger partial charge on any atom is -0.346 e. The molecule has 0 saturated carbocycles. The minimum atomic E-state index is 0.350. The van der Waals surface area contributed by atoms with Crippen molar-refractivity contribution in [1.82, 2.24) is 14.6 Å². The Morgan fingerprint density at radius 2 is 2.30 bits per heavy atom. The molecule has 1 unspecified atom stereocenters. The molecule has 0 radical (unpaired) electrons. The van der Waals surface area contributed by atoms with Crippen molar-refractivity contribution >= 4 is 22.9 Å². The third-order valence-electron chi connectivity index (χ3n) is 3.83. The van der Waals surface area contributed by atoms with Crippen molar-refractivity contribution in [1.29, 1.82) is 0 Å². The second-order valence-electron chi connectivity index (χ2n) is 5.33. The molecule has 102 valence electrons. The van der Waals surface area contributed by atoms with Crippen LogP contribution in [-0.2, 0) is 6.42 Å². The Morgan fingerprint density at radius 3 is 3.25 bits per heavy atom. The standard InChI is InChI=1S/C15H16N4S/c1-10-5-6-14-17-15(18-19(14)9-10)16-12-3-2-4-13-11(12)7-8-20-13/h5-9,12H,2-4H2,1H3,(H,16,18). The molecule has 3 aromatic rings. The summed E-state index contributed by atoms with van der Waals surface area (Å²) in [5.74, 6) is 0.722. The zero-order chi connectivity index (χ0) is 13.5. The normalized spacial score (nSPS) is 18.1. The van der Waals surface area contributed by atoms with Gasteiger partial charge in [-0.2, -0.15) is 4.98 Å². The first-order valence-electron chi connectivity index (χ1n) is 6.95. The zero-order valence-electron chi connectivity index (χ0n) is 11.3. The molecule has 1 aliphatic carbocycles. The van der Waals surface area contributed by atoms with Crippen LogP contribution in [0, 0.1) is 6.92 Å². The van der Waals surface area contributed by atoms with Crippen molar-refractivity contribution < 1.29 is 0 Å². The van der Waals surface area contributed by atoms with Crippen LogP contribution >= 0.6 is 11.3 Å². The summed E-state index contributed by atoms with van der Waals surface area (Å²) in [5, 5.41) is 10.2. The quantitative estimate of drug-likeness (QED) is 0.782. The lowest BCUT2D eigenvalue weighted by molar-refractivity contribution is 0.604. The molecule has 0 saturated heterocycles. The van der Waals surface area contributed by atoms with Gasteiger partial charge in [-0.15, -0.1) is 16.4 Å². The molecule has 0 bridgehead atoms. The van der Waals surface area contributed by atoms with E-state index in [1.165, 1.54) is 28.8 Å². The van der Waals surface area contributed by atoms with E-state index in [2.05, 4.69) is 39.8 Å². The summed E-state index contributed by atoms with van der Waals surface area (Å²) in [6.07, 6.45) is 5.60. The van der Waals surface area contributed by atoms with Crippen molar-refractivity contribution in [3.63, 3.8) is 0 Å². The van der Waals surface area contributed by atoms with E-state index in [0.29, 0.717) is 6.04 Å². The van der Waals surface area contributed by atoms with Crippen molar-refractivity contribution in [2.24, 2.45) is 0 Å². The molecule has 1 atom stereocenters. The summed E-state index contributed by atoms with van der Waals surface area (Å²) in [7, 11) is 0. The lowest BCUT2D eigenvalue weighted by Crippen LogP contribution is -2.16. The molecule has 3 heterocycles. The predicted octanol–water partition coefficient (Wildman–Crippen LogP) is 3.59. The summed E-state index contributed by atoms with van der Waals surface area (Å²) in [6, 6.07) is 6.65. The van der Waals surface area contributed by atoms with Gasteiger partial charge in [-0.1, -0.05) is 6.07 Å². The van der Waals surface area contributed by atoms with Gasteiger partial charge in [0, 0.05) is 11.1 Å². The molecule has 0 amide bonds. The molecule has 1 N–H and O–H groups in total. The van der Waals surface area contributed by atoms with E-state index in [-0.39, 0.29) is 0 Å². The van der Waals surface area contributed by atoms with Gasteiger partial charge in [0.15, 0.2) is 5.65 Å². The second-order valence-corrected chi connectivity index (χ2v) is 6.33. The number of nitrogens with zero attached hydrogens (tertiary/aromatic N) is 3. The molecule has 0 aromatic carbocycles. The third kappa shape index (κ3) is 1.98. The fourth-order valence-corrected chi connectivity index (χ4v) is 3.83. The van der Waals surface area contributed by atoms with E-state index in [9.17, 15) is 0 Å². The molecular weight excluding hydrogens is 268 g/mol. The van der Waals surface area contributed by atoms with Crippen LogP contribution in [0.4, 0.5) is 5.95 Å². The van der Waals surface area contributed by atoms with Gasteiger partial charge in [0.25, 0.3) is 0 Å². The summed E-state index contributed by atoms with van der Waals surface area (Å²) in [4.78, 5) is 6.06. The first-order chi connectivity index (χ1) is 9.79. The van der Waals surface area contributed by atoms with Crippen molar-refractivity contribution in [3.8, 4) is 0 Å². The van der Waals surface area contributed by atoms with Gasteiger partial charge in [-0.05, 0) is 54.8 Å². The third-order valence-corrected chi connectivity index (χ3v) is 4.83. The smallest absolute Gasteiger partial charge is 0.243 e. The molecule has 4 nitrogen and oxygen atoms in total. The topological polar surface area (TPSA) is 42.2 Å². The molecule has 0 aliphatic heterocycles. The molecule has 5 heteroatoms. The van der Waals surface area contributed by atoms with Crippen LogP contribution in [0.2, 0.25) is 0 Å². The van der Waals surface area contributed by atoms with Gasteiger partial charge in [-0.3, -0.25) is 0 Å². The van der Waals surface area contributed by atoms with E-state index in [1.54, 1.807) is 0 Å². The number of fused-ring (bicyclic) bond motifs is 2. The number of thiophene rings is 1. The van der Waals surface area contributed by atoms with E-state index in [0.717, 1.165) is 18.0 Å². The maximum absolute atomic E-state index is 4.55. The highest BCUT2D eigenvalue weighted by atomic mass is 32.1. The van der Waals surface area contributed by atoms with Crippen molar-refractivity contribution in [2.45, 2.75) is 32.2 Å². The van der Waals surface area contributed by atoms with E-state index < -0.39 is 0 Å². The van der Waals surface area contributed by atoms with Crippen LogP contribution in [0.25, 0.3) is 5.65 Å². The first-order valence-corrected chi connectivity index (χ1v) is 7.83. The Kier molecular flexibility index (Phi) is 2.73. The zero-order valence-corrected chi connectivity index (χ0v) is 12.2. The largest absolute Gasteiger partial charge is 0.346 e. The van der Waals surface area contributed by atoms with Gasteiger partial charge in [0.1, 0.15) is 0 Å². The number of aromatic nitrogens is 3. The van der Waals surface area contributed by atoms with Crippen molar-refractivity contribution in [3.05, 3.63) is 45.8 Å². The van der Waals surface area contributed by atoms with Crippen LogP contribution in [0.15, 0.2) is 29.8 Å². The average molecular weight is 284 g/mol. The Balaban J connectivity index is 1.65. The van der Waals surface area contributed by atoms with Gasteiger partial charge in [-0.25, -0.2) is 4.52 Å². The fourth-order valence-electron chi connectivity index (χ4n) is 2.84. The van der Waals surface area contributed by atoms with Crippen molar-refractivity contribution in [2.75, 3.05) is 5.32 Å². The first kappa shape index (κ1) is 11.9. The van der Waals surface area contributed by atoms with Crippen LogP contribution < -0.4 is 5.32 Å². The Morgan fingerprint density at radius 1 is 1.35 bits per heavy atom. The van der Waals surface area contributed by atoms with Crippen LogP contribution in [0.3, 0.4) is 0 Å². The molecule has 4 rings (SSSR count). The maximum Gasteiger partial charge on any atom is 0.243 e. The summed E-state index contributed by atoms with van der Waals surface area (Å²) >= 11 is 1.86. The van der Waals surface area contributed by atoms with Crippen LogP contribution in [0.5, 0.6) is 0 Å². The number of hydrogen-bond donors (Lipinski definition) is 1. The highest BCUT2D eigenvalue weighted by Crippen LogP contribution is 2.34. The van der Waals surface area contributed by atoms with Crippen LogP contribution in [-0.4, -0.2) is 14.6 Å². The minimum absolute atomic E-state index is 0.350. The Labute approximate surface area is 121 Å². The van der Waals surface area contributed by atoms with E-state index in [4.69, 9.17) is 0 Å². The number of pyridine rings is 1. The second kappa shape index (κ2) is 4.59. The highest BCUT2D eigenvalue weighted by molar-refractivity contribution is 7.10. The molecule has 1 aliphatic rings. The number of anilines is 1. The lowest BCUT2D eigenvalue weighted by atomic mass is 9.94. The molecular formula is C15H16N4S. The molecule has 3 aromatic heterocycles. The lowest BCUT2D eigenvalue weighted by Gasteiger charge is -2.22. The maximum atomic E-state index is 4.55. The predicted molar refractivity (Wildman–Crippen MR) is 81.3 cm³/mol. The molecule has 20 heavy (non-hydrogen) atoms. The molecule has 0 spiro atoms. The monoisotopic (exact) mass is 284 g/mol. The molecule has 0 fully saturated rings. The van der Waals surface area contributed by atoms with E-state index in [1.807, 2.05) is 28.1 Å². The number of aryl methyl sites for hydroxylation is 2. The highest BCUT2D eigenvalue weighted by Gasteiger charge is 2.22. The summed E-state index contributed by atoms with van der Waals surface area (Å²) < 4.78 is 1.84. The number of hydrogen-bond acceptors (Lipinski definition) is 4. The van der Waals surface area contributed by atoms with E-state index >= 15 is 0 Å². The van der Waals surface area contributed by atoms with Gasteiger partial charge >= 0.3 is 0 Å². The SMILES string of the molecule is Cc1ccc2nc(NC3CCCc4sccc43)nn2c1. The summed E-state index contributed by atoms with van der Waals surface area (Å²) in [6.45, 7) is 2.06. The fraction of sp³-hybridized carbons (Fsp3) is 0.333. The van der Waals surface area contributed by atoms with Crippen LogP contribution in [0.1, 0.15) is 34.9 Å². The Hall–Kier alpha value is -1.88. The van der Waals surface area contributed by atoms with Gasteiger partial charge < -0.3 is 5.32 Å². The van der Waals surface area contributed by atoms with Gasteiger partial charge in [0.05, 0.1) is 6.04 Å².